The summed E-state index contributed by atoms with van der Waals surface area (Å²) in [5, 5.41) is 2.35. The number of nitrogens with zero attached hydrogens (tertiary/aromatic N) is 2. The number of carbonyl (C=O) groups is 1. The molecule has 138 valence electrons. The van der Waals surface area contributed by atoms with Crippen molar-refractivity contribution in [3.63, 3.8) is 0 Å². The quantitative estimate of drug-likeness (QED) is 0.748. The molecule has 1 saturated heterocycles. The Morgan fingerprint density at radius 2 is 1.89 bits per heavy atom. The van der Waals surface area contributed by atoms with Gasteiger partial charge < -0.3 is 10.5 Å². The van der Waals surface area contributed by atoms with Crippen molar-refractivity contribution in [1.82, 2.24) is 9.88 Å². The Balaban J connectivity index is 1.54. The predicted molar refractivity (Wildman–Crippen MR) is 106 cm³/mol. The highest BCUT2D eigenvalue weighted by Gasteiger charge is 2.26. The molecule has 3 aromatic rings. The maximum absolute atomic E-state index is 11.6. The maximum atomic E-state index is 11.6. The standard InChI is InChI=1S/C22H23N3O2/c1-15-20-10-7-17(14-18(20)11-12-24-15)16-5-8-19(9-6-16)27-21-4-2-3-13-25(21)22(23)26/h5-12,14,21H,2-4,13H2,1H3,(H2,23,26). The van der Waals surface area contributed by atoms with Crippen LogP contribution in [-0.2, 0) is 0 Å². The fourth-order valence-electron chi connectivity index (χ4n) is 3.67. The molecule has 1 unspecified atom stereocenters. The molecule has 0 radical (unpaired) electrons. The number of nitrogens with two attached hydrogens (primary N) is 1. The van der Waals surface area contributed by atoms with Crippen LogP contribution in [0, 0.1) is 6.92 Å². The Hall–Kier alpha value is -3.08. The number of ether oxygens (including phenoxy) is 1. The van der Waals surface area contributed by atoms with Crippen LogP contribution in [-0.4, -0.2) is 28.7 Å². The topological polar surface area (TPSA) is 68.4 Å². The number of hydrogen-bond acceptors (Lipinski definition) is 3. The molecule has 5 nitrogen and oxygen atoms in total. The minimum absolute atomic E-state index is 0.279. The summed E-state index contributed by atoms with van der Waals surface area (Å²) >= 11 is 0. The number of aromatic nitrogens is 1. The van der Waals surface area contributed by atoms with Crippen LogP contribution in [0.3, 0.4) is 0 Å². The van der Waals surface area contributed by atoms with Gasteiger partial charge in [-0.25, -0.2) is 4.79 Å². The second-order valence-electron chi connectivity index (χ2n) is 6.96. The predicted octanol–water partition coefficient (Wildman–Crippen LogP) is 4.48. The number of benzene rings is 2. The Bertz CT molecular complexity index is 969. The zero-order valence-corrected chi connectivity index (χ0v) is 15.4. The van der Waals surface area contributed by atoms with Gasteiger partial charge in [-0.1, -0.05) is 24.3 Å². The molecule has 0 saturated carbocycles. The van der Waals surface area contributed by atoms with Crippen LogP contribution < -0.4 is 10.5 Å². The summed E-state index contributed by atoms with van der Waals surface area (Å²) in [5.41, 5.74) is 8.77. The summed E-state index contributed by atoms with van der Waals surface area (Å²) in [6, 6.07) is 16.0. The molecule has 1 atom stereocenters. The van der Waals surface area contributed by atoms with E-state index in [4.69, 9.17) is 10.5 Å². The van der Waals surface area contributed by atoms with Gasteiger partial charge in [-0.15, -0.1) is 0 Å². The molecule has 2 heterocycles. The zero-order valence-electron chi connectivity index (χ0n) is 15.4. The highest BCUT2D eigenvalue weighted by atomic mass is 16.5. The number of carbonyl (C=O) groups excluding carboxylic acids is 1. The van der Waals surface area contributed by atoms with Crippen LogP contribution in [0.4, 0.5) is 4.79 Å². The number of amides is 2. The van der Waals surface area contributed by atoms with Gasteiger partial charge >= 0.3 is 6.03 Å². The van der Waals surface area contributed by atoms with Crippen molar-refractivity contribution in [2.75, 3.05) is 6.54 Å². The van der Waals surface area contributed by atoms with Crippen LogP contribution in [0.1, 0.15) is 25.0 Å². The lowest BCUT2D eigenvalue weighted by molar-refractivity contribution is 0.0270. The summed E-state index contributed by atoms with van der Waals surface area (Å²) in [7, 11) is 0. The average Bonchev–Trinajstić information content (AvgIpc) is 2.69. The number of urea groups is 1. The maximum Gasteiger partial charge on any atom is 0.317 e. The fraction of sp³-hybridized carbons (Fsp3) is 0.273. The third kappa shape index (κ3) is 3.58. The summed E-state index contributed by atoms with van der Waals surface area (Å²) in [6.45, 7) is 2.68. The minimum Gasteiger partial charge on any atom is -0.470 e. The Kier molecular flexibility index (Phi) is 4.67. The lowest BCUT2D eigenvalue weighted by Crippen LogP contribution is -2.49. The van der Waals surface area contributed by atoms with Gasteiger partial charge in [-0.05, 0) is 60.5 Å². The molecule has 2 amide bonds. The van der Waals surface area contributed by atoms with Crippen LogP contribution >= 0.6 is 0 Å². The highest BCUT2D eigenvalue weighted by molar-refractivity contribution is 5.88. The Morgan fingerprint density at radius 3 is 2.67 bits per heavy atom. The van der Waals surface area contributed by atoms with Gasteiger partial charge in [0, 0.05) is 30.2 Å². The van der Waals surface area contributed by atoms with E-state index in [1.165, 1.54) is 10.8 Å². The van der Waals surface area contributed by atoms with Gasteiger partial charge in [0.2, 0.25) is 0 Å². The van der Waals surface area contributed by atoms with E-state index in [0.29, 0.717) is 6.54 Å². The highest BCUT2D eigenvalue weighted by Crippen LogP contribution is 2.28. The number of likely N-dealkylation sites (tertiary alicyclic amines) is 1. The molecule has 0 spiro atoms. The van der Waals surface area contributed by atoms with Crippen molar-refractivity contribution in [3.8, 4) is 16.9 Å². The molecule has 4 rings (SSSR count). The second kappa shape index (κ2) is 7.27. The van der Waals surface area contributed by atoms with E-state index in [-0.39, 0.29) is 6.23 Å². The monoisotopic (exact) mass is 361 g/mol. The number of pyridine rings is 1. The number of aryl methyl sites for hydroxylation is 1. The first-order chi connectivity index (χ1) is 13.1. The number of primary amides is 1. The van der Waals surface area contributed by atoms with Gasteiger partial charge in [0.25, 0.3) is 0 Å². The second-order valence-corrected chi connectivity index (χ2v) is 6.96. The Labute approximate surface area is 158 Å². The number of piperidine rings is 1. The van der Waals surface area contributed by atoms with Gasteiger partial charge in [0.1, 0.15) is 5.75 Å². The van der Waals surface area contributed by atoms with E-state index in [2.05, 4.69) is 23.2 Å². The van der Waals surface area contributed by atoms with E-state index in [1.807, 2.05) is 43.5 Å². The normalized spacial score (nSPS) is 17.1. The molecule has 27 heavy (non-hydrogen) atoms. The SMILES string of the molecule is Cc1nccc2cc(-c3ccc(OC4CCCCN4C(N)=O)cc3)ccc12. The molecule has 1 aliphatic rings. The molecular formula is C22H23N3O2. The first-order valence-corrected chi connectivity index (χ1v) is 9.30. The lowest BCUT2D eigenvalue weighted by atomic mass is 10.0. The largest absolute Gasteiger partial charge is 0.470 e. The van der Waals surface area contributed by atoms with Crippen molar-refractivity contribution in [2.24, 2.45) is 5.73 Å². The molecule has 0 bridgehead atoms. The van der Waals surface area contributed by atoms with Crippen molar-refractivity contribution in [3.05, 3.63) is 60.4 Å². The molecule has 2 aromatic carbocycles. The lowest BCUT2D eigenvalue weighted by Gasteiger charge is -2.34. The van der Waals surface area contributed by atoms with Crippen molar-refractivity contribution < 1.29 is 9.53 Å². The smallest absolute Gasteiger partial charge is 0.317 e. The average molecular weight is 361 g/mol. The number of hydrogen-bond donors (Lipinski definition) is 1. The van der Waals surface area contributed by atoms with Crippen molar-refractivity contribution in [2.45, 2.75) is 32.4 Å². The number of fused-ring (bicyclic) bond motifs is 1. The van der Waals surface area contributed by atoms with Gasteiger partial charge in [0.05, 0.1) is 0 Å². The third-order valence-electron chi connectivity index (χ3n) is 5.15. The summed E-state index contributed by atoms with van der Waals surface area (Å²) in [6.07, 6.45) is 4.38. The summed E-state index contributed by atoms with van der Waals surface area (Å²) < 4.78 is 6.02. The van der Waals surface area contributed by atoms with Gasteiger partial charge in [-0.2, -0.15) is 0 Å². The van der Waals surface area contributed by atoms with Gasteiger partial charge in [0.15, 0.2) is 6.23 Å². The zero-order chi connectivity index (χ0) is 18.8. The van der Waals surface area contributed by atoms with Crippen LogP contribution in [0.15, 0.2) is 54.7 Å². The van der Waals surface area contributed by atoms with Crippen LogP contribution in [0.5, 0.6) is 5.75 Å². The van der Waals surface area contributed by atoms with Crippen LogP contribution in [0.25, 0.3) is 21.9 Å². The molecular weight excluding hydrogens is 338 g/mol. The van der Waals surface area contributed by atoms with E-state index >= 15 is 0 Å². The van der Waals surface area contributed by atoms with E-state index in [1.54, 1.807) is 4.90 Å². The summed E-state index contributed by atoms with van der Waals surface area (Å²) in [4.78, 5) is 17.5. The number of rotatable bonds is 3. The molecule has 1 aliphatic heterocycles. The first-order valence-electron chi connectivity index (χ1n) is 9.30. The van der Waals surface area contributed by atoms with Crippen LogP contribution in [0.2, 0.25) is 0 Å². The fourth-order valence-corrected chi connectivity index (χ4v) is 3.67. The van der Waals surface area contributed by atoms with E-state index in [9.17, 15) is 4.79 Å². The molecule has 1 fully saturated rings. The first kappa shape index (κ1) is 17.3. The summed E-state index contributed by atoms with van der Waals surface area (Å²) in [5.74, 6) is 0.748. The molecule has 2 N–H and O–H groups in total. The van der Waals surface area contributed by atoms with Crippen molar-refractivity contribution in [1.29, 1.82) is 0 Å². The molecule has 0 aliphatic carbocycles. The van der Waals surface area contributed by atoms with E-state index in [0.717, 1.165) is 41.8 Å². The van der Waals surface area contributed by atoms with Gasteiger partial charge in [-0.3, -0.25) is 9.88 Å². The minimum atomic E-state index is -0.419. The molecule has 1 aromatic heterocycles. The van der Waals surface area contributed by atoms with Crippen molar-refractivity contribution >= 4 is 16.8 Å². The van der Waals surface area contributed by atoms with E-state index < -0.39 is 6.03 Å². The molecule has 5 heteroatoms. The third-order valence-corrected chi connectivity index (χ3v) is 5.15. The Morgan fingerprint density at radius 1 is 1.11 bits per heavy atom.